The van der Waals surface area contributed by atoms with Gasteiger partial charge in [-0.05, 0) is 63.1 Å². The highest BCUT2D eigenvalue weighted by atomic mass is 35.5. The molecule has 2 rings (SSSR count). The van der Waals surface area contributed by atoms with Crippen LogP contribution < -0.4 is 9.64 Å². The van der Waals surface area contributed by atoms with Crippen LogP contribution in [0.5, 0.6) is 5.75 Å². The summed E-state index contributed by atoms with van der Waals surface area (Å²) in [7, 11) is 0. The molecule has 0 atom stereocenters. The van der Waals surface area contributed by atoms with Gasteiger partial charge in [0.1, 0.15) is 5.75 Å². The number of piperidine rings is 1. The average Bonchev–Trinajstić information content (AvgIpc) is 2.47. The Morgan fingerprint density at radius 2 is 1.80 bits per heavy atom. The minimum absolute atomic E-state index is 0.743. The second-order valence-corrected chi connectivity index (χ2v) is 6.22. The highest BCUT2D eigenvalue weighted by Gasteiger charge is 2.12. The van der Waals surface area contributed by atoms with E-state index < -0.39 is 0 Å². The number of nitrogens with one attached hydrogen (secondary N) is 1. The van der Waals surface area contributed by atoms with Gasteiger partial charge in [-0.3, -0.25) is 0 Å². The van der Waals surface area contributed by atoms with E-state index >= 15 is 0 Å². The number of halogens is 1. The van der Waals surface area contributed by atoms with E-state index in [0.717, 1.165) is 23.8 Å². The molecule has 0 radical (unpaired) electrons. The molecule has 0 amide bonds. The van der Waals surface area contributed by atoms with Crippen molar-refractivity contribution in [3.8, 4) is 5.75 Å². The van der Waals surface area contributed by atoms with Crippen molar-refractivity contribution in [2.45, 2.75) is 44.9 Å². The Labute approximate surface area is 128 Å². The highest BCUT2D eigenvalue weighted by Crippen LogP contribution is 2.17. The van der Waals surface area contributed by atoms with Gasteiger partial charge in [-0.1, -0.05) is 17.7 Å². The number of unbranched alkanes of at least 4 members (excludes halogenated alkanes) is 3. The minimum atomic E-state index is 0.743. The van der Waals surface area contributed by atoms with Gasteiger partial charge in [0.15, 0.2) is 0 Å². The molecule has 2 nitrogen and oxygen atoms in total. The zero-order chi connectivity index (χ0) is 14.0. The summed E-state index contributed by atoms with van der Waals surface area (Å²) < 4.78 is 5.69. The van der Waals surface area contributed by atoms with Crippen molar-refractivity contribution in [1.29, 1.82) is 0 Å². The largest absolute Gasteiger partial charge is 0.494 e. The van der Waals surface area contributed by atoms with Gasteiger partial charge in [-0.25, -0.2) is 0 Å². The van der Waals surface area contributed by atoms with Gasteiger partial charge in [0, 0.05) is 5.02 Å². The van der Waals surface area contributed by atoms with Gasteiger partial charge >= 0.3 is 0 Å². The van der Waals surface area contributed by atoms with E-state index in [1.807, 2.05) is 29.2 Å². The quantitative estimate of drug-likeness (QED) is 0.726. The van der Waals surface area contributed by atoms with E-state index in [-0.39, 0.29) is 0 Å². The summed E-state index contributed by atoms with van der Waals surface area (Å²) in [5, 5.41) is 0.743. The van der Waals surface area contributed by atoms with Crippen LogP contribution >= 0.6 is 11.6 Å². The van der Waals surface area contributed by atoms with Gasteiger partial charge in [0.2, 0.25) is 0 Å². The number of benzene rings is 1. The van der Waals surface area contributed by atoms with E-state index in [2.05, 4.69) is 0 Å². The summed E-state index contributed by atoms with van der Waals surface area (Å²) in [6.07, 6.45) is 9.43. The summed E-state index contributed by atoms with van der Waals surface area (Å²) in [5.74, 6) is 0.885. The first-order valence-electron chi connectivity index (χ1n) is 8.06. The molecule has 0 spiro atoms. The lowest BCUT2D eigenvalue weighted by atomic mass is 10.1. The van der Waals surface area contributed by atoms with Crippen LogP contribution in [-0.4, -0.2) is 26.2 Å². The Morgan fingerprint density at radius 1 is 1.00 bits per heavy atom. The third kappa shape index (κ3) is 6.15. The fourth-order valence-corrected chi connectivity index (χ4v) is 3.06. The Morgan fingerprint density at radius 3 is 2.60 bits per heavy atom. The standard InChI is InChI=1S/C17H26ClNO/c18-16-9-8-10-17(15-16)20-14-7-2-1-4-11-19-12-5-3-6-13-19/h8-10,15H,1-7,11-14H2/p+1. The lowest BCUT2D eigenvalue weighted by Gasteiger charge is -2.23. The normalized spacial score (nSPS) is 16.2. The second-order valence-electron chi connectivity index (χ2n) is 5.78. The van der Waals surface area contributed by atoms with Crippen LogP contribution in [0.15, 0.2) is 24.3 Å². The number of ether oxygens (including phenoxy) is 1. The van der Waals surface area contributed by atoms with E-state index in [4.69, 9.17) is 16.3 Å². The molecule has 1 saturated heterocycles. The predicted molar refractivity (Wildman–Crippen MR) is 84.8 cm³/mol. The Hall–Kier alpha value is -0.730. The first-order valence-corrected chi connectivity index (χ1v) is 8.44. The molecule has 112 valence electrons. The molecule has 0 aromatic heterocycles. The minimum Gasteiger partial charge on any atom is -0.494 e. The van der Waals surface area contributed by atoms with Gasteiger partial charge in [0.25, 0.3) is 0 Å². The van der Waals surface area contributed by atoms with Crippen molar-refractivity contribution in [2.75, 3.05) is 26.2 Å². The summed E-state index contributed by atoms with van der Waals surface area (Å²) in [5.41, 5.74) is 0. The number of hydrogen-bond acceptors (Lipinski definition) is 1. The van der Waals surface area contributed by atoms with Crippen molar-refractivity contribution in [1.82, 2.24) is 0 Å². The molecule has 1 heterocycles. The highest BCUT2D eigenvalue weighted by molar-refractivity contribution is 6.30. The van der Waals surface area contributed by atoms with Crippen LogP contribution in [0.3, 0.4) is 0 Å². The maximum absolute atomic E-state index is 5.92. The van der Waals surface area contributed by atoms with Crippen LogP contribution in [0.1, 0.15) is 44.9 Å². The van der Waals surface area contributed by atoms with Crippen LogP contribution in [0.2, 0.25) is 5.02 Å². The van der Waals surface area contributed by atoms with E-state index in [0.29, 0.717) is 0 Å². The lowest BCUT2D eigenvalue weighted by Crippen LogP contribution is -3.12. The van der Waals surface area contributed by atoms with Crippen molar-refractivity contribution in [3.63, 3.8) is 0 Å². The fourth-order valence-electron chi connectivity index (χ4n) is 2.88. The number of quaternary nitrogens is 1. The molecule has 20 heavy (non-hydrogen) atoms. The van der Waals surface area contributed by atoms with Gasteiger partial charge in [-0.15, -0.1) is 0 Å². The molecule has 0 bridgehead atoms. The van der Waals surface area contributed by atoms with Crippen LogP contribution in [0.4, 0.5) is 0 Å². The third-order valence-electron chi connectivity index (χ3n) is 4.05. The maximum atomic E-state index is 5.92. The van der Waals surface area contributed by atoms with Crippen molar-refractivity contribution in [2.24, 2.45) is 0 Å². The van der Waals surface area contributed by atoms with Crippen LogP contribution in [-0.2, 0) is 0 Å². The molecule has 1 aliphatic heterocycles. The Kier molecular flexibility index (Phi) is 7.24. The van der Waals surface area contributed by atoms with Gasteiger partial charge < -0.3 is 9.64 Å². The van der Waals surface area contributed by atoms with Crippen molar-refractivity contribution in [3.05, 3.63) is 29.3 Å². The first-order chi connectivity index (χ1) is 9.84. The first kappa shape index (κ1) is 15.7. The van der Waals surface area contributed by atoms with Crippen molar-refractivity contribution >= 4 is 11.6 Å². The fraction of sp³-hybridized carbons (Fsp3) is 0.647. The van der Waals surface area contributed by atoms with Gasteiger partial charge in [0.05, 0.1) is 26.2 Å². The summed E-state index contributed by atoms with van der Waals surface area (Å²) in [6, 6.07) is 7.64. The maximum Gasteiger partial charge on any atom is 0.120 e. The summed E-state index contributed by atoms with van der Waals surface area (Å²) in [6.45, 7) is 4.97. The second kappa shape index (κ2) is 9.25. The molecule has 1 N–H and O–H groups in total. The van der Waals surface area contributed by atoms with E-state index in [1.165, 1.54) is 58.2 Å². The monoisotopic (exact) mass is 296 g/mol. The number of likely N-dealkylation sites (tertiary alicyclic amines) is 1. The molecule has 1 fully saturated rings. The molecular weight excluding hydrogens is 270 g/mol. The van der Waals surface area contributed by atoms with Crippen LogP contribution in [0, 0.1) is 0 Å². The predicted octanol–water partition coefficient (Wildman–Crippen LogP) is 3.35. The van der Waals surface area contributed by atoms with E-state index in [9.17, 15) is 0 Å². The average molecular weight is 297 g/mol. The van der Waals surface area contributed by atoms with E-state index in [1.54, 1.807) is 0 Å². The zero-order valence-electron chi connectivity index (χ0n) is 12.4. The molecule has 1 aliphatic rings. The Bertz CT molecular complexity index is 377. The molecular formula is C17H27ClNO+. The summed E-state index contributed by atoms with van der Waals surface area (Å²) in [4.78, 5) is 1.83. The summed E-state index contributed by atoms with van der Waals surface area (Å²) >= 11 is 5.92. The topological polar surface area (TPSA) is 13.7 Å². The molecule has 3 heteroatoms. The zero-order valence-corrected chi connectivity index (χ0v) is 13.1. The van der Waals surface area contributed by atoms with Crippen molar-refractivity contribution < 1.29 is 9.64 Å². The number of hydrogen-bond donors (Lipinski definition) is 1. The van der Waals surface area contributed by atoms with Crippen LogP contribution in [0.25, 0.3) is 0 Å². The Balaban J connectivity index is 1.45. The molecule has 0 unspecified atom stereocenters. The smallest absolute Gasteiger partial charge is 0.120 e. The number of rotatable bonds is 8. The molecule has 0 aliphatic carbocycles. The molecule has 0 saturated carbocycles. The molecule has 1 aromatic rings. The SMILES string of the molecule is Clc1cccc(OCCCCCC[NH+]2CCCCC2)c1. The lowest BCUT2D eigenvalue weighted by molar-refractivity contribution is -0.905. The third-order valence-corrected chi connectivity index (χ3v) is 4.29. The van der Waals surface area contributed by atoms with Gasteiger partial charge in [-0.2, -0.15) is 0 Å². The molecule has 1 aromatic carbocycles.